The summed E-state index contributed by atoms with van der Waals surface area (Å²) in [7, 11) is 0. The molecular weight excluding hydrogens is 120 g/mol. The Hall–Kier alpha value is -0.780. The fourth-order valence-electron chi connectivity index (χ4n) is 1.15. The van der Waals surface area contributed by atoms with Gasteiger partial charge in [-0.1, -0.05) is 29.9 Å². The van der Waals surface area contributed by atoms with Crippen LogP contribution in [0, 0.1) is 0 Å². The summed E-state index contributed by atoms with van der Waals surface area (Å²) in [6, 6.07) is 0. The molecule has 0 aromatic carbocycles. The van der Waals surface area contributed by atoms with Crippen LogP contribution in [0.3, 0.4) is 0 Å². The Kier molecular flexibility index (Phi) is 3.01. The molecule has 54 valence electrons. The fraction of sp³-hybridized carbons (Fsp3) is 0.400. The van der Waals surface area contributed by atoms with Crippen LogP contribution in [0.5, 0.6) is 0 Å². The van der Waals surface area contributed by atoms with Gasteiger partial charge in [0.2, 0.25) is 0 Å². The quantitative estimate of drug-likeness (QED) is 0.509. The van der Waals surface area contributed by atoms with E-state index in [1.807, 2.05) is 6.08 Å². The summed E-state index contributed by atoms with van der Waals surface area (Å²) >= 11 is 0. The Balaban J connectivity index is 2.45. The van der Waals surface area contributed by atoms with E-state index in [1.54, 1.807) is 0 Å². The lowest BCUT2D eigenvalue weighted by Gasteiger charge is -2.05. The van der Waals surface area contributed by atoms with Crippen LogP contribution < -0.4 is 0 Å². The number of hydrogen-bond acceptors (Lipinski definition) is 0. The predicted octanol–water partition coefficient (Wildman–Crippen LogP) is 3.23. The Bertz CT molecular complexity index is 161. The van der Waals surface area contributed by atoms with Crippen LogP contribution in [-0.4, -0.2) is 0 Å². The maximum absolute atomic E-state index is 3.68. The number of rotatable bonds is 2. The first-order chi connectivity index (χ1) is 4.93. The summed E-state index contributed by atoms with van der Waals surface area (Å²) in [4.78, 5) is 0. The molecule has 0 bridgehead atoms. The molecule has 0 aromatic rings. The van der Waals surface area contributed by atoms with E-state index >= 15 is 0 Å². The van der Waals surface area contributed by atoms with Crippen molar-refractivity contribution in [3.8, 4) is 0 Å². The normalized spacial score (nSPS) is 21.4. The standard InChI is InChI=1S/C10H14/c1-2-3-7-10-8-5-4-6-9-10/h2,5,7-8H,1,3-4,6,9H2. The zero-order valence-corrected chi connectivity index (χ0v) is 6.34. The van der Waals surface area contributed by atoms with Crippen LogP contribution in [-0.2, 0) is 0 Å². The Morgan fingerprint density at radius 3 is 3.10 bits per heavy atom. The molecular formula is C10H14. The molecule has 0 atom stereocenters. The second kappa shape index (κ2) is 4.10. The van der Waals surface area contributed by atoms with Gasteiger partial charge in [0.15, 0.2) is 0 Å². The maximum Gasteiger partial charge on any atom is -0.0166 e. The molecule has 0 N–H and O–H groups in total. The lowest BCUT2D eigenvalue weighted by Crippen LogP contribution is -1.85. The highest BCUT2D eigenvalue weighted by Crippen LogP contribution is 2.15. The third-order valence-electron chi connectivity index (χ3n) is 1.71. The third-order valence-corrected chi connectivity index (χ3v) is 1.71. The molecule has 0 aliphatic heterocycles. The highest BCUT2D eigenvalue weighted by atomic mass is 14.0. The topological polar surface area (TPSA) is 0 Å². The summed E-state index contributed by atoms with van der Waals surface area (Å²) in [6.07, 6.45) is 13.5. The van der Waals surface area contributed by atoms with E-state index in [0.29, 0.717) is 0 Å². The van der Waals surface area contributed by atoms with E-state index in [0.717, 1.165) is 6.42 Å². The monoisotopic (exact) mass is 134 g/mol. The summed E-state index contributed by atoms with van der Waals surface area (Å²) in [6.45, 7) is 3.68. The summed E-state index contributed by atoms with van der Waals surface area (Å²) < 4.78 is 0. The lowest BCUT2D eigenvalue weighted by molar-refractivity contribution is 0.818. The molecule has 0 heterocycles. The molecule has 0 amide bonds. The summed E-state index contributed by atoms with van der Waals surface area (Å²) in [5, 5.41) is 0. The Morgan fingerprint density at radius 1 is 1.60 bits per heavy atom. The zero-order valence-electron chi connectivity index (χ0n) is 6.34. The van der Waals surface area contributed by atoms with Gasteiger partial charge in [-0.05, 0) is 25.7 Å². The van der Waals surface area contributed by atoms with Crippen LogP contribution >= 0.6 is 0 Å². The maximum atomic E-state index is 3.68. The van der Waals surface area contributed by atoms with Gasteiger partial charge in [-0.15, -0.1) is 6.58 Å². The van der Waals surface area contributed by atoms with E-state index in [-0.39, 0.29) is 0 Å². The van der Waals surface area contributed by atoms with Gasteiger partial charge in [-0.2, -0.15) is 0 Å². The van der Waals surface area contributed by atoms with Gasteiger partial charge in [0, 0.05) is 0 Å². The Morgan fingerprint density at radius 2 is 2.50 bits per heavy atom. The number of hydrogen-bond donors (Lipinski definition) is 0. The summed E-state index contributed by atoms with van der Waals surface area (Å²) in [5.41, 5.74) is 1.48. The van der Waals surface area contributed by atoms with E-state index in [9.17, 15) is 0 Å². The van der Waals surface area contributed by atoms with Crippen molar-refractivity contribution >= 4 is 0 Å². The lowest BCUT2D eigenvalue weighted by atomic mass is 10.0. The molecule has 1 rings (SSSR count). The van der Waals surface area contributed by atoms with Crippen molar-refractivity contribution in [2.75, 3.05) is 0 Å². The zero-order chi connectivity index (χ0) is 7.23. The van der Waals surface area contributed by atoms with Crippen LogP contribution in [0.15, 0.2) is 36.5 Å². The van der Waals surface area contributed by atoms with Crippen LogP contribution in [0.4, 0.5) is 0 Å². The first kappa shape index (κ1) is 7.33. The second-order valence-corrected chi connectivity index (χ2v) is 2.60. The molecule has 0 nitrogen and oxygen atoms in total. The van der Waals surface area contributed by atoms with Crippen molar-refractivity contribution in [3.05, 3.63) is 36.5 Å². The van der Waals surface area contributed by atoms with Gasteiger partial charge < -0.3 is 0 Å². The number of allylic oxidation sites excluding steroid dienone is 5. The van der Waals surface area contributed by atoms with Crippen LogP contribution in [0.25, 0.3) is 0 Å². The largest absolute Gasteiger partial charge is 0.103 e. The van der Waals surface area contributed by atoms with Crippen molar-refractivity contribution < 1.29 is 0 Å². The van der Waals surface area contributed by atoms with Crippen molar-refractivity contribution in [2.45, 2.75) is 25.7 Å². The highest BCUT2D eigenvalue weighted by Gasteiger charge is 1.96. The first-order valence-electron chi connectivity index (χ1n) is 3.90. The minimum absolute atomic E-state index is 1.01. The van der Waals surface area contributed by atoms with Gasteiger partial charge in [-0.3, -0.25) is 0 Å². The van der Waals surface area contributed by atoms with E-state index in [4.69, 9.17) is 0 Å². The second-order valence-electron chi connectivity index (χ2n) is 2.60. The van der Waals surface area contributed by atoms with Gasteiger partial charge >= 0.3 is 0 Å². The van der Waals surface area contributed by atoms with Gasteiger partial charge in [0.05, 0.1) is 0 Å². The van der Waals surface area contributed by atoms with E-state index < -0.39 is 0 Å². The van der Waals surface area contributed by atoms with E-state index in [1.165, 1.54) is 24.8 Å². The molecule has 0 saturated carbocycles. The predicted molar refractivity (Wildman–Crippen MR) is 45.9 cm³/mol. The highest BCUT2D eigenvalue weighted by molar-refractivity contribution is 5.21. The van der Waals surface area contributed by atoms with Crippen LogP contribution in [0.1, 0.15) is 25.7 Å². The van der Waals surface area contributed by atoms with Crippen LogP contribution in [0.2, 0.25) is 0 Å². The molecule has 1 aliphatic rings. The molecule has 0 saturated heterocycles. The SMILES string of the molecule is C=CCC=C1C=CCCC1. The molecule has 0 heteroatoms. The molecule has 0 fully saturated rings. The van der Waals surface area contributed by atoms with Gasteiger partial charge in [0.25, 0.3) is 0 Å². The Labute approximate surface area is 62.9 Å². The van der Waals surface area contributed by atoms with Crippen molar-refractivity contribution in [3.63, 3.8) is 0 Å². The first-order valence-corrected chi connectivity index (χ1v) is 3.90. The third kappa shape index (κ3) is 2.22. The average molecular weight is 134 g/mol. The molecule has 0 radical (unpaired) electrons. The molecule has 0 spiro atoms. The average Bonchev–Trinajstić information content (AvgIpc) is 2.03. The smallest absolute Gasteiger partial charge is 0.0166 e. The minimum atomic E-state index is 1.01. The van der Waals surface area contributed by atoms with Gasteiger partial charge in [0.1, 0.15) is 0 Å². The molecule has 0 unspecified atom stereocenters. The van der Waals surface area contributed by atoms with E-state index in [2.05, 4.69) is 24.8 Å². The molecule has 1 aliphatic carbocycles. The van der Waals surface area contributed by atoms with Crippen molar-refractivity contribution in [1.29, 1.82) is 0 Å². The molecule has 0 aromatic heterocycles. The van der Waals surface area contributed by atoms with Crippen molar-refractivity contribution in [1.82, 2.24) is 0 Å². The fourth-order valence-corrected chi connectivity index (χ4v) is 1.15. The molecule has 10 heavy (non-hydrogen) atoms. The van der Waals surface area contributed by atoms with Gasteiger partial charge in [-0.25, -0.2) is 0 Å². The van der Waals surface area contributed by atoms with Crippen molar-refractivity contribution in [2.24, 2.45) is 0 Å². The summed E-state index contributed by atoms with van der Waals surface area (Å²) in [5.74, 6) is 0. The minimum Gasteiger partial charge on any atom is -0.103 e.